The summed E-state index contributed by atoms with van der Waals surface area (Å²) in [5.41, 5.74) is 0. The molecule has 2 saturated heterocycles. The molecule has 2 aliphatic heterocycles. The standard InChI is InChI=1S/C16H24N6O2S/c1-21(2)16-17-13(20-25-16)10-22-8-4-3-6-11(22)14-18-19-15(24-14)12-7-5-9-23-12/h11-12H,3-10H2,1-2H3/t11?,12-/m1/s1. The number of anilines is 1. The predicted molar refractivity (Wildman–Crippen MR) is 93.5 cm³/mol. The second-order valence-corrected chi connectivity index (χ2v) is 7.58. The fraction of sp³-hybridized carbons (Fsp3) is 0.750. The maximum absolute atomic E-state index is 5.98. The zero-order chi connectivity index (χ0) is 17.2. The Morgan fingerprint density at radius 1 is 1.16 bits per heavy atom. The Kier molecular flexibility index (Phi) is 4.96. The van der Waals surface area contributed by atoms with Crippen LogP contribution in [-0.2, 0) is 11.3 Å². The fourth-order valence-corrected chi connectivity index (χ4v) is 4.01. The van der Waals surface area contributed by atoms with Crippen molar-refractivity contribution in [2.24, 2.45) is 0 Å². The van der Waals surface area contributed by atoms with Gasteiger partial charge in [0, 0.05) is 32.2 Å². The van der Waals surface area contributed by atoms with E-state index in [0.717, 1.165) is 43.4 Å². The Morgan fingerprint density at radius 2 is 2.04 bits per heavy atom. The smallest absolute Gasteiger partial charge is 0.245 e. The van der Waals surface area contributed by atoms with Gasteiger partial charge in [-0.1, -0.05) is 6.42 Å². The van der Waals surface area contributed by atoms with Crippen molar-refractivity contribution in [3.05, 3.63) is 17.6 Å². The fourth-order valence-electron chi connectivity index (χ4n) is 3.42. The summed E-state index contributed by atoms with van der Waals surface area (Å²) in [6.45, 7) is 2.49. The number of hydrogen-bond donors (Lipinski definition) is 0. The number of hydrogen-bond acceptors (Lipinski definition) is 9. The molecule has 0 spiro atoms. The van der Waals surface area contributed by atoms with Gasteiger partial charge in [0.1, 0.15) is 6.10 Å². The molecule has 0 saturated carbocycles. The molecular formula is C16H24N6O2S. The maximum atomic E-state index is 5.98. The van der Waals surface area contributed by atoms with Gasteiger partial charge >= 0.3 is 0 Å². The van der Waals surface area contributed by atoms with E-state index in [0.29, 0.717) is 18.3 Å². The molecular weight excluding hydrogens is 340 g/mol. The number of ether oxygens (including phenoxy) is 1. The first-order valence-electron chi connectivity index (χ1n) is 8.89. The van der Waals surface area contributed by atoms with Crippen LogP contribution in [0.5, 0.6) is 0 Å². The molecule has 9 heteroatoms. The van der Waals surface area contributed by atoms with E-state index in [1.165, 1.54) is 24.4 Å². The van der Waals surface area contributed by atoms with Crippen molar-refractivity contribution in [1.29, 1.82) is 0 Å². The number of likely N-dealkylation sites (tertiary alicyclic amines) is 1. The highest BCUT2D eigenvalue weighted by Crippen LogP contribution is 2.34. The Balaban J connectivity index is 1.48. The van der Waals surface area contributed by atoms with E-state index >= 15 is 0 Å². The molecule has 1 unspecified atom stereocenters. The summed E-state index contributed by atoms with van der Waals surface area (Å²) < 4.78 is 16.1. The van der Waals surface area contributed by atoms with Crippen LogP contribution in [0.2, 0.25) is 0 Å². The first-order chi connectivity index (χ1) is 12.2. The molecule has 0 N–H and O–H groups in total. The highest BCUT2D eigenvalue weighted by atomic mass is 32.1. The minimum absolute atomic E-state index is 0.0267. The third kappa shape index (κ3) is 3.68. The highest BCUT2D eigenvalue weighted by Gasteiger charge is 2.31. The first kappa shape index (κ1) is 16.9. The highest BCUT2D eigenvalue weighted by molar-refractivity contribution is 7.09. The SMILES string of the molecule is CN(C)c1nc(CN2CCCCC2c2nnc([C@H]3CCCO3)o2)ns1. The Hall–Kier alpha value is -1.58. The maximum Gasteiger partial charge on any atom is 0.245 e. The molecule has 0 radical (unpaired) electrons. The van der Waals surface area contributed by atoms with Crippen molar-refractivity contribution < 1.29 is 9.15 Å². The molecule has 4 heterocycles. The van der Waals surface area contributed by atoms with E-state index in [1.807, 2.05) is 19.0 Å². The first-order valence-corrected chi connectivity index (χ1v) is 9.67. The van der Waals surface area contributed by atoms with E-state index in [9.17, 15) is 0 Å². The molecule has 8 nitrogen and oxygen atoms in total. The summed E-state index contributed by atoms with van der Waals surface area (Å²) in [5.74, 6) is 2.19. The van der Waals surface area contributed by atoms with Gasteiger partial charge in [0.25, 0.3) is 0 Å². The van der Waals surface area contributed by atoms with Crippen LogP contribution in [0.15, 0.2) is 4.42 Å². The molecule has 2 aliphatic rings. The summed E-state index contributed by atoms with van der Waals surface area (Å²) in [6, 6.07) is 0.141. The van der Waals surface area contributed by atoms with Gasteiger partial charge < -0.3 is 14.1 Å². The van der Waals surface area contributed by atoms with Crippen LogP contribution in [0.4, 0.5) is 5.13 Å². The Bertz CT molecular complexity index is 696. The monoisotopic (exact) mass is 364 g/mol. The van der Waals surface area contributed by atoms with Gasteiger partial charge in [-0.05, 0) is 32.2 Å². The zero-order valence-corrected chi connectivity index (χ0v) is 15.5. The van der Waals surface area contributed by atoms with Gasteiger partial charge in [-0.3, -0.25) is 4.90 Å². The summed E-state index contributed by atoms with van der Waals surface area (Å²) >= 11 is 1.43. The van der Waals surface area contributed by atoms with E-state index in [1.54, 1.807) is 0 Å². The molecule has 2 aromatic heterocycles. The van der Waals surface area contributed by atoms with E-state index in [2.05, 4.69) is 24.5 Å². The molecule has 0 aromatic carbocycles. The van der Waals surface area contributed by atoms with Gasteiger partial charge in [0.15, 0.2) is 5.82 Å². The lowest BCUT2D eigenvalue weighted by Gasteiger charge is -2.32. The average molecular weight is 364 g/mol. The molecule has 0 bridgehead atoms. The van der Waals surface area contributed by atoms with Crippen molar-refractivity contribution in [2.75, 3.05) is 32.1 Å². The number of piperidine rings is 1. The van der Waals surface area contributed by atoms with E-state index < -0.39 is 0 Å². The van der Waals surface area contributed by atoms with Crippen molar-refractivity contribution in [2.45, 2.75) is 50.8 Å². The molecule has 25 heavy (non-hydrogen) atoms. The van der Waals surface area contributed by atoms with Crippen LogP contribution in [0.3, 0.4) is 0 Å². The minimum Gasteiger partial charge on any atom is -0.421 e. The van der Waals surface area contributed by atoms with Gasteiger partial charge in [0.2, 0.25) is 16.9 Å². The lowest BCUT2D eigenvalue weighted by atomic mass is 10.0. The molecule has 2 atom stereocenters. The summed E-state index contributed by atoms with van der Waals surface area (Å²) in [7, 11) is 3.97. The Labute approximate surface area is 151 Å². The third-order valence-corrected chi connectivity index (χ3v) is 5.67. The third-order valence-electron chi connectivity index (χ3n) is 4.74. The molecule has 4 rings (SSSR count). The van der Waals surface area contributed by atoms with Crippen molar-refractivity contribution >= 4 is 16.7 Å². The van der Waals surface area contributed by atoms with Crippen LogP contribution in [0.25, 0.3) is 0 Å². The van der Waals surface area contributed by atoms with Crippen LogP contribution in [0.1, 0.15) is 61.9 Å². The average Bonchev–Trinajstić information content (AvgIpc) is 3.36. The number of rotatable bonds is 5. The quantitative estimate of drug-likeness (QED) is 0.801. The van der Waals surface area contributed by atoms with Crippen molar-refractivity contribution in [3.8, 4) is 0 Å². The lowest BCUT2D eigenvalue weighted by molar-refractivity contribution is 0.0790. The normalized spacial score (nSPS) is 24.7. The van der Waals surface area contributed by atoms with E-state index in [4.69, 9.17) is 9.15 Å². The van der Waals surface area contributed by atoms with E-state index in [-0.39, 0.29) is 12.1 Å². The Morgan fingerprint density at radius 3 is 2.80 bits per heavy atom. The van der Waals surface area contributed by atoms with Crippen LogP contribution in [-0.4, -0.2) is 51.7 Å². The van der Waals surface area contributed by atoms with Crippen LogP contribution in [0, 0.1) is 0 Å². The molecule has 136 valence electrons. The number of nitrogens with zero attached hydrogens (tertiary/aromatic N) is 6. The summed E-state index contributed by atoms with van der Waals surface area (Å²) in [6.07, 6.45) is 5.37. The van der Waals surface area contributed by atoms with Gasteiger partial charge in [-0.15, -0.1) is 10.2 Å². The number of aromatic nitrogens is 4. The van der Waals surface area contributed by atoms with Gasteiger partial charge in [-0.2, -0.15) is 4.37 Å². The largest absolute Gasteiger partial charge is 0.421 e. The van der Waals surface area contributed by atoms with Gasteiger partial charge in [-0.25, -0.2) is 4.98 Å². The molecule has 0 aliphatic carbocycles. The lowest BCUT2D eigenvalue weighted by Crippen LogP contribution is -2.33. The van der Waals surface area contributed by atoms with Crippen LogP contribution < -0.4 is 4.90 Å². The molecule has 2 aromatic rings. The summed E-state index contributed by atoms with van der Waals surface area (Å²) in [4.78, 5) is 8.95. The minimum atomic E-state index is -0.0267. The molecule has 0 amide bonds. The zero-order valence-electron chi connectivity index (χ0n) is 14.7. The topological polar surface area (TPSA) is 80.4 Å². The van der Waals surface area contributed by atoms with Gasteiger partial charge in [0.05, 0.1) is 12.6 Å². The summed E-state index contributed by atoms with van der Waals surface area (Å²) in [5, 5.41) is 9.50. The molecule has 2 fully saturated rings. The van der Waals surface area contributed by atoms with Crippen LogP contribution >= 0.6 is 11.5 Å². The predicted octanol–water partition coefficient (Wildman–Crippen LogP) is 2.57. The second kappa shape index (κ2) is 7.35. The van der Waals surface area contributed by atoms with Crippen molar-refractivity contribution in [1.82, 2.24) is 24.5 Å². The second-order valence-electron chi connectivity index (χ2n) is 6.85. The van der Waals surface area contributed by atoms with Crippen molar-refractivity contribution in [3.63, 3.8) is 0 Å².